The minimum Gasteiger partial charge on any atom is -0.381 e. The summed E-state index contributed by atoms with van der Waals surface area (Å²) in [5.74, 6) is -0.290. The normalized spacial score (nSPS) is 18.6. The molecule has 1 fully saturated rings. The van der Waals surface area contributed by atoms with Crippen LogP contribution in [0.1, 0.15) is 29.6 Å². The Balaban J connectivity index is 1.61. The molecule has 4 nitrogen and oxygen atoms in total. The average Bonchev–Trinajstić information content (AvgIpc) is 3.09. The molecule has 0 aliphatic carbocycles. The zero-order valence-electron chi connectivity index (χ0n) is 10.8. The summed E-state index contributed by atoms with van der Waals surface area (Å²) in [7, 11) is 0. The second kappa shape index (κ2) is 5.66. The van der Waals surface area contributed by atoms with Gasteiger partial charge in [-0.15, -0.1) is 0 Å². The molecule has 0 amide bonds. The fourth-order valence-corrected chi connectivity index (χ4v) is 2.22. The third-order valence-corrected chi connectivity index (χ3v) is 3.39. The Morgan fingerprint density at radius 3 is 2.85 bits per heavy atom. The van der Waals surface area contributed by atoms with E-state index in [0.717, 1.165) is 19.1 Å². The average molecular weight is 280 g/mol. The van der Waals surface area contributed by atoms with Gasteiger partial charge in [-0.25, -0.2) is 8.78 Å². The van der Waals surface area contributed by atoms with Gasteiger partial charge in [0, 0.05) is 18.9 Å². The summed E-state index contributed by atoms with van der Waals surface area (Å²) in [6.07, 6.45) is 1.94. The zero-order chi connectivity index (χ0) is 13.9. The van der Waals surface area contributed by atoms with E-state index in [0.29, 0.717) is 36.7 Å². The van der Waals surface area contributed by atoms with Crippen LogP contribution in [0.5, 0.6) is 0 Å². The largest absolute Gasteiger partial charge is 0.381 e. The van der Waals surface area contributed by atoms with E-state index in [-0.39, 0.29) is 5.92 Å². The molecule has 2 aromatic rings. The Morgan fingerprint density at radius 2 is 2.10 bits per heavy atom. The van der Waals surface area contributed by atoms with E-state index in [4.69, 9.17) is 9.26 Å². The zero-order valence-corrected chi connectivity index (χ0v) is 10.8. The topological polar surface area (TPSA) is 48.2 Å². The summed E-state index contributed by atoms with van der Waals surface area (Å²) in [5.41, 5.74) is 0.702. The fourth-order valence-electron chi connectivity index (χ4n) is 2.22. The summed E-state index contributed by atoms with van der Waals surface area (Å²) >= 11 is 0. The maximum atomic E-state index is 13.1. The van der Waals surface area contributed by atoms with E-state index in [1.54, 1.807) is 6.07 Å². The fraction of sp³-hybridized carbons (Fsp3) is 0.429. The highest BCUT2D eigenvalue weighted by Crippen LogP contribution is 2.22. The Morgan fingerprint density at radius 1 is 1.20 bits per heavy atom. The minimum absolute atomic E-state index is 0.204. The highest BCUT2D eigenvalue weighted by atomic mass is 19.2. The number of rotatable bonds is 4. The number of aryl methyl sites for hydroxylation is 2. The predicted octanol–water partition coefficient (Wildman–Crippen LogP) is 2.64. The molecular weight excluding hydrogens is 266 g/mol. The van der Waals surface area contributed by atoms with Crippen molar-refractivity contribution in [3.8, 4) is 0 Å². The number of hydrogen-bond acceptors (Lipinski definition) is 4. The Kier molecular flexibility index (Phi) is 3.73. The minimum atomic E-state index is -0.838. The van der Waals surface area contributed by atoms with Crippen molar-refractivity contribution in [2.75, 3.05) is 13.2 Å². The Bertz CT molecular complexity index is 595. The Hall–Kier alpha value is -1.82. The van der Waals surface area contributed by atoms with Gasteiger partial charge in [-0.1, -0.05) is 11.2 Å². The van der Waals surface area contributed by atoms with Crippen molar-refractivity contribution in [2.24, 2.45) is 0 Å². The van der Waals surface area contributed by atoms with Crippen LogP contribution in [0.15, 0.2) is 22.7 Å². The maximum Gasteiger partial charge on any atom is 0.226 e. The Labute approximate surface area is 114 Å². The van der Waals surface area contributed by atoms with Crippen molar-refractivity contribution in [2.45, 2.75) is 25.2 Å². The number of benzene rings is 1. The van der Waals surface area contributed by atoms with Gasteiger partial charge in [-0.2, -0.15) is 4.98 Å². The van der Waals surface area contributed by atoms with Crippen molar-refractivity contribution >= 4 is 0 Å². The van der Waals surface area contributed by atoms with Gasteiger partial charge in [0.1, 0.15) is 0 Å². The van der Waals surface area contributed by atoms with Gasteiger partial charge in [0.15, 0.2) is 17.5 Å². The molecule has 0 spiro atoms. The van der Waals surface area contributed by atoms with E-state index in [2.05, 4.69) is 10.1 Å². The molecule has 20 heavy (non-hydrogen) atoms. The first-order chi connectivity index (χ1) is 9.72. The molecule has 1 atom stereocenters. The van der Waals surface area contributed by atoms with Crippen LogP contribution in [-0.2, 0) is 17.6 Å². The lowest BCUT2D eigenvalue weighted by molar-refractivity contribution is 0.192. The summed E-state index contributed by atoms with van der Waals surface area (Å²) in [6.45, 7) is 1.35. The molecule has 1 aromatic carbocycles. The first kappa shape index (κ1) is 13.2. The quantitative estimate of drug-likeness (QED) is 0.863. The lowest BCUT2D eigenvalue weighted by Crippen LogP contribution is -2.00. The van der Waals surface area contributed by atoms with Crippen LogP contribution in [0.4, 0.5) is 8.78 Å². The summed E-state index contributed by atoms with van der Waals surface area (Å²) in [4.78, 5) is 4.32. The van der Waals surface area contributed by atoms with Crippen LogP contribution in [0.3, 0.4) is 0 Å². The van der Waals surface area contributed by atoms with Gasteiger partial charge in [-0.05, 0) is 30.5 Å². The van der Waals surface area contributed by atoms with Crippen LogP contribution in [0, 0.1) is 11.6 Å². The molecule has 106 valence electrons. The molecule has 1 aliphatic heterocycles. The monoisotopic (exact) mass is 280 g/mol. The molecule has 3 rings (SSSR count). The standard InChI is InChI=1S/C14H14F2N2O2/c15-11-3-1-9(7-12(11)16)2-4-13-17-14(18-20-13)10-5-6-19-8-10/h1,3,7,10H,2,4-6,8H2/t10-/m1/s1. The second-order valence-corrected chi connectivity index (χ2v) is 4.86. The van der Waals surface area contributed by atoms with Gasteiger partial charge >= 0.3 is 0 Å². The highest BCUT2D eigenvalue weighted by Gasteiger charge is 2.22. The van der Waals surface area contributed by atoms with Gasteiger partial charge in [0.25, 0.3) is 0 Å². The lowest BCUT2D eigenvalue weighted by Gasteiger charge is -2.00. The molecule has 0 bridgehead atoms. The van der Waals surface area contributed by atoms with Gasteiger partial charge in [0.05, 0.1) is 6.61 Å². The lowest BCUT2D eigenvalue weighted by atomic mass is 10.1. The molecule has 0 N–H and O–H groups in total. The van der Waals surface area contributed by atoms with E-state index in [1.807, 2.05) is 0 Å². The van der Waals surface area contributed by atoms with Crippen molar-refractivity contribution in [1.29, 1.82) is 0 Å². The van der Waals surface area contributed by atoms with E-state index >= 15 is 0 Å². The van der Waals surface area contributed by atoms with E-state index in [1.165, 1.54) is 6.07 Å². The summed E-state index contributed by atoms with van der Waals surface area (Å²) < 4.78 is 36.3. The van der Waals surface area contributed by atoms with Crippen LogP contribution < -0.4 is 0 Å². The summed E-state index contributed by atoms with van der Waals surface area (Å²) in [6, 6.07) is 3.87. The van der Waals surface area contributed by atoms with Crippen molar-refractivity contribution in [1.82, 2.24) is 10.1 Å². The van der Waals surface area contributed by atoms with Crippen LogP contribution in [0.2, 0.25) is 0 Å². The third-order valence-electron chi connectivity index (χ3n) is 3.39. The molecular formula is C14H14F2N2O2. The van der Waals surface area contributed by atoms with Crippen molar-refractivity contribution in [3.05, 3.63) is 47.1 Å². The number of hydrogen-bond donors (Lipinski definition) is 0. The SMILES string of the molecule is Fc1ccc(CCc2nc([C@@H]3CCOC3)no2)cc1F. The molecule has 0 unspecified atom stereocenters. The van der Waals surface area contributed by atoms with E-state index in [9.17, 15) is 8.78 Å². The molecule has 1 aliphatic rings. The number of ether oxygens (including phenoxy) is 1. The predicted molar refractivity (Wildman–Crippen MR) is 66.2 cm³/mol. The summed E-state index contributed by atoms with van der Waals surface area (Å²) in [5, 5.41) is 3.94. The molecule has 6 heteroatoms. The number of nitrogens with zero attached hydrogens (tertiary/aromatic N) is 2. The van der Waals surface area contributed by atoms with Crippen molar-refractivity contribution < 1.29 is 18.0 Å². The van der Waals surface area contributed by atoms with Crippen LogP contribution in [-0.4, -0.2) is 23.4 Å². The van der Waals surface area contributed by atoms with Crippen LogP contribution in [0.25, 0.3) is 0 Å². The van der Waals surface area contributed by atoms with Crippen molar-refractivity contribution in [3.63, 3.8) is 0 Å². The van der Waals surface area contributed by atoms with Crippen LogP contribution >= 0.6 is 0 Å². The molecule has 2 heterocycles. The first-order valence-corrected chi connectivity index (χ1v) is 6.56. The van der Waals surface area contributed by atoms with Gasteiger partial charge in [0.2, 0.25) is 5.89 Å². The molecule has 0 saturated carbocycles. The first-order valence-electron chi connectivity index (χ1n) is 6.56. The third kappa shape index (κ3) is 2.85. The molecule has 1 aromatic heterocycles. The number of aromatic nitrogens is 2. The maximum absolute atomic E-state index is 13.1. The molecule has 1 saturated heterocycles. The van der Waals surface area contributed by atoms with Gasteiger partial charge < -0.3 is 9.26 Å². The highest BCUT2D eigenvalue weighted by molar-refractivity contribution is 5.18. The molecule has 0 radical (unpaired) electrons. The number of halogens is 2. The second-order valence-electron chi connectivity index (χ2n) is 4.86. The smallest absolute Gasteiger partial charge is 0.226 e. The van der Waals surface area contributed by atoms with Gasteiger partial charge in [-0.3, -0.25) is 0 Å². The van der Waals surface area contributed by atoms with E-state index < -0.39 is 11.6 Å².